The summed E-state index contributed by atoms with van der Waals surface area (Å²) in [5.74, 6) is 0. The van der Waals surface area contributed by atoms with Crippen LogP contribution >= 0.6 is 0 Å². The van der Waals surface area contributed by atoms with Crippen molar-refractivity contribution < 1.29 is 9.85 Å². The first-order chi connectivity index (χ1) is 7.61. The van der Waals surface area contributed by atoms with E-state index in [1.165, 1.54) is 18.2 Å². The van der Waals surface area contributed by atoms with E-state index in [-0.39, 0.29) is 11.4 Å². The number of benzene rings is 1. The standard InChI is InChI=1S/C6H4N2O4.2C2H6/c9-7(10)5-2-1-3-6(4-5)8(11)12;2*1-2/h1-4H;2*1-2H3. The highest BCUT2D eigenvalue weighted by atomic mass is 16.6. The molecule has 1 aromatic rings. The van der Waals surface area contributed by atoms with Gasteiger partial charge < -0.3 is 0 Å². The largest absolute Gasteiger partial charge is 0.276 e. The smallest absolute Gasteiger partial charge is 0.258 e. The summed E-state index contributed by atoms with van der Waals surface area (Å²) in [5, 5.41) is 20.3. The zero-order chi connectivity index (χ0) is 13.1. The Morgan fingerprint density at radius 1 is 0.875 bits per heavy atom. The Balaban J connectivity index is 0. The highest BCUT2D eigenvalue weighted by molar-refractivity contribution is 5.42. The number of nitro groups is 2. The molecule has 0 saturated carbocycles. The van der Waals surface area contributed by atoms with Crippen molar-refractivity contribution in [3.05, 3.63) is 44.5 Å². The molecule has 6 nitrogen and oxygen atoms in total. The van der Waals surface area contributed by atoms with Gasteiger partial charge in [-0.2, -0.15) is 0 Å². The van der Waals surface area contributed by atoms with E-state index >= 15 is 0 Å². The minimum Gasteiger partial charge on any atom is -0.258 e. The first kappa shape index (κ1) is 16.4. The average molecular weight is 228 g/mol. The second kappa shape index (κ2) is 9.57. The summed E-state index contributed by atoms with van der Waals surface area (Å²) in [4.78, 5) is 19.0. The minimum absolute atomic E-state index is 0.274. The van der Waals surface area contributed by atoms with Gasteiger partial charge in [0.05, 0.1) is 15.9 Å². The lowest BCUT2D eigenvalue weighted by molar-refractivity contribution is -0.394. The van der Waals surface area contributed by atoms with Crippen molar-refractivity contribution in [2.45, 2.75) is 27.7 Å². The first-order valence-corrected chi connectivity index (χ1v) is 5.00. The lowest BCUT2D eigenvalue weighted by Crippen LogP contribution is -1.91. The molecule has 0 aliphatic carbocycles. The highest BCUT2D eigenvalue weighted by Gasteiger charge is 2.11. The summed E-state index contributed by atoms with van der Waals surface area (Å²) in [6.45, 7) is 8.00. The van der Waals surface area contributed by atoms with Gasteiger partial charge in [-0.1, -0.05) is 27.7 Å². The van der Waals surface area contributed by atoms with Gasteiger partial charge in [-0.15, -0.1) is 0 Å². The molecule has 6 heteroatoms. The van der Waals surface area contributed by atoms with E-state index in [4.69, 9.17) is 0 Å². The summed E-state index contributed by atoms with van der Waals surface area (Å²) in [5.41, 5.74) is -0.548. The summed E-state index contributed by atoms with van der Waals surface area (Å²) in [6.07, 6.45) is 0. The van der Waals surface area contributed by atoms with Crippen LogP contribution in [0.5, 0.6) is 0 Å². The number of non-ortho nitro benzene ring substituents is 2. The van der Waals surface area contributed by atoms with E-state index in [0.717, 1.165) is 6.07 Å². The van der Waals surface area contributed by atoms with E-state index in [1.54, 1.807) is 0 Å². The highest BCUT2D eigenvalue weighted by Crippen LogP contribution is 2.18. The van der Waals surface area contributed by atoms with Crippen LogP contribution in [0.2, 0.25) is 0 Å². The van der Waals surface area contributed by atoms with Crippen molar-refractivity contribution >= 4 is 11.4 Å². The zero-order valence-electron chi connectivity index (χ0n) is 9.84. The fourth-order valence-corrected chi connectivity index (χ4v) is 0.720. The van der Waals surface area contributed by atoms with Crippen LogP contribution in [-0.4, -0.2) is 9.85 Å². The Hall–Kier alpha value is -1.98. The van der Waals surface area contributed by atoms with E-state index in [2.05, 4.69) is 0 Å². The van der Waals surface area contributed by atoms with Gasteiger partial charge in [-0.3, -0.25) is 20.2 Å². The molecule has 0 bridgehead atoms. The molecule has 0 aromatic heterocycles. The predicted molar refractivity (Wildman–Crippen MR) is 62.4 cm³/mol. The molecule has 0 N–H and O–H groups in total. The molecule has 0 radical (unpaired) electrons. The van der Waals surface area contributed by atoms with Gasteiger partial charge in [0, 0.05) is 12.1 Å². The van der Waals surface area contributed by atoms with Crippen molar-refractivity contribution in [3.63, 3.8) is 0 Å². The predicted octanol–water partition coefficient (Wildman–Crippen LogP) is 3.56. The fourth-order valence-electron chi connectivity index (χ4n) is 0.720. The van der Waals surface area contributed by atoms with Crippen molar-refractivity contribution in [3.8, 4) is 0 Å². The number of nitro benzene ring substituents is 2. The van der Waals surface area contributed by atoms with Gasteiger partial charge in [-0.05, 0) is 6.07 Å². The van der Waals surface area contributed by atoms with Crippen LogP contribution in [-0.2, 0) is 0 Å². The van der Waals surface area contributed by atoms with E-state index in [1.807, 2.05) is 27.7 Å². The molecular weight excluding hydrogens is 212 g/mol. The molecule has 0 heterocycles. The number of hydrogen-bond donors (Lipinski definition) is 0. The fraction of sp³-hybridized carbons (Fsp3) is 0.400. The number of hydrogen-bond acceptors (Lipinski definition) is 4. The average Bonchev–Trinajstić information content (AvgIpc) is 2.34. The summed E-state index contributed by atoms with van der Waals surface area (Å²) in [6, 6.07) is 4.59. The Morgan fingerprint density at radius 3 is 1.44 bits per heavy atom. The van der Waals surface area contributed by atoms with Gasteiger partial charge in [0.2, 0.25) is 0 Å². The van der Waals surface area contributed by atoms with Crippen LogP contribution in [0.15, 0.2) is 24.3 Å². The zero-order valence-corrected chi connectivity index (χ0v) is 9.84. The third-order valence-corrected chi connectivity index (χ3v) is 1.25. The summed E-state index contributed by atoms with van der Waals surface area (Å²) < 4.78 is 0. The normalized spacial score (nSPS) is 7.75. The van der Waals surface area contributed by atoms with Crippen molar-refractivity contribution in [2.24, 2.45) is 0 Å². The molecule has 0 aliphatic heterocycles. The monoisotopic (exact) mass is 228 g/mol. The van der Waals surface area contributed by atoms with Crippen molar-refractivity contribution in [2.75, 3.05) is 0 Å². The third kappa shape index (κ3) is 5.69. The van der Waals surface area contributed by atoms with Crippen LogP contribution in [0.25, 0.3) is 0 Å². The van der Waals surface area contributed by atoms with Crippen molar-refractivity contribution in [1.29, 1.82) is 0 Å². The SMILES string of the molecule is CC.CC.O=[N+]([O-])c1cccc([N+](=O)[O-])c1. The molecular formula is C10H16N2O4. The molecule has 0 atom stereocenters. The molecule has 1 rings (SSSR count). The van der Waals surface area contributed by atoms with Crippen LogP contribution in [0, 0.1) is 20.2 Å². The first-order valence-electron chi connectivity index (χ1n) is 5.00. The molecule has 0 unspecified atom stereocenters. The maximum atomic E-state index is 10.2. The summed E-state index contributed by atoms with van der Waals surface area (Å²) in [7, 11) is 0. The maximum Gasteiger partial charge on any atom is 0.276 e. The Kier molecular flexibility index (Phi) is 9.84. The van der Waals surface area contributed by atoms with Crippen LogP contribution in [0.4, 0.5) is 11.4 Å². The Bertz CT molecular complexity index is 310. The van der Waals surface area contributed by atoms with Gasteiger partial charge in [0.15, 0.2) is 0 Å². The topological polar surface area (TPSA) is 86.3 Å². The summed E-state index contributed by atoms with van der Waals surface area (Å²) >= 11 is 0. The third-order valence-electron chi connectivity index (χ3n) is 1.25. The van der Waals surface area contributed by atoms with Crippen LogP contribution < -0.4 is 0 Å². The van der Waals surface area contributed by atoms with Gasteiger partial charge in [0.25, 0.3) is 11.4 Å². The van der Waals surface area contributed by atoms with Gasteiger partial charge in [0.1, 0.15) is 0 Å². The molecule has 0 aliphatic rings. The van der Waals surface area contributed by atoms with Crippen LogP contribution in [0.1, 0.15) is 27.7 Å². The molecule has 0 fully saturated rings. The van der Waals surface area contributed by atoms with Crippen molar-refractivity contribution in [1.82, 2.24) is 0 Å². The van der Waals surface area contributed by atoms with E-state index < -0.39 is 9.85 Å². The number of rotatable bonds is 2. The molecule has 16 heavy (non-hydrogen) atoms. The molecule has 0 amide bonds. The van der Waals surface area contributed by atoms with E-state index in [0.29, 0.717) is 0 Å². The molecule has 0 spiro atoms. The maximum absolute atomic E-state index is 10.2. The molecule has 0 saturated heterocycles. The lowest BCUT2D eigenvalue weighted by Gasteiger charge is -1.90. The molecule has 90 valence electrons. The van der Waals surface area contributed by atoms with Crippen LogP contribution in [0.3, 0.4) is 0 Å². The second-order valence-electron chi connectivity index (χ2n) is 2.03. The second-order valence-corrected chi connectivity index (χ2v) is 2.03. The Labute approximate surface area is 94.2 Å². The number of nitrogens with zero attached hydrogens (tertiary/aromatic N) is 2. The van der Waals surface area contributed by atoms with E-state index in [9.17, 15) is 20.2 Å². The quantitative estimate of drug-likeness (QED) is 0.572. The minimum atomic E-state index is -0.674. The Morgan fingerprint density at radius 2 is 1.19 bits per heavy atom. The van der Waals surface area contributed by atoms with Gasteiger partial charge >= 0.3 is 0 Å². The van der Waals surface area contributed by atoms with Gasteiger partial charge in [-0.25, -0.2) is 0 Å². The molecule has 1 aromatic carbocycles. The lowest BCUT2D eigenvalue weighted by atomic mass is 10.3.